The second-order valence-corrected chi connectivity index (χ2v) is 1.49. The molecule has 0 amide bonds. The molecule has 0 unspecified atom stereocenters. The van der Waals surface area contributed by atoms with Gasteiger partial charge in [-0.05, 0) is 12.2 Å². The summed E-state index contributed by atoms with van der Waals surface area (Å²) >= 11 is 0. The molecule has 0 saturated heterocycles. The first-order valence-corrected chi connectivity index (χ1v) is 2.54. The van der Waals surface area contributed by atoms with Crippen LogP contribution >= 0.6 is 0 Å². The van der Waals surface area contributed by atoms with E-state index in [4.69, 9.17) is 0 Å². The molecule has 0 aliphatic carbocycles. The molecule has 0 aliphatic heterocycles. The fourth-order valence-corrected chi connectivity index (χ4v) is 0.501. The molecule has 1 heterocycles. The predicted octanol–water partition coefficient (Wildman–Crippen LogP) is 0.622. The molecule has 1 aromatic rings. The Morgan fingerprint density at radius 2 is 2.56 bits per heavy atom. The first-order valence-electron chi connectivity index (χ1n) is 2.54. The number of imidazole rings is 1. The number of nitrogens with one attached hydrogen (secondary N) is 1. The van der Waals surface area contributed by atoms with Crippen LogP contribution in [0.25, 0.3) is 6.08 Å². The van der Waals surface area contributed by atoms with Gasteiger partial charge >= 0.3 is 0 Å². The predicted molar refractivity (Wildman–Crippen MR) is 33.7 cm³/mol. The van der Waals surface area contributed by atoms with Gasteiger partial charge in [-0.3, -0.25) is 4.79 Å². The lowest BCUT2D eigenvalue weighted by Crippen LogP contribution is -1.66. The van der Waals surface area contributed by atoms with Gasteiger partial charge in [0.2, 0.25) is 0 Å². The highest BCUT2D eigenvalue weighted by Crippen LogP contribution is 1.91. The van der Waals surface area contributed by atoms with Crippen LogP contribution in [0, 0.1) is 0 Å². The first-order chi connectivity index (χ1) is 4.43. The smallest absolute Gasteiger partial charge is 0.142 e. The lowest BCUT2D eigenvalue weighted by Gasteiger charge is -1.73. The Balaban J connectivity index is 2.67. The van der Waals surface area contributed by atoms with Crippen LogP contribution in [0.2, 0.25) is 0 Å². The van der Waals surface area contributed by atoms with Crippen molar-refractivity contribution in [3.8, 4) is 0 Å². The molecule has 0 bridgehead atoms. The van der Waals surface area contributed by atoms with Crippen LogP contribution in [0.15, 0.2) is 18.6 Å². The number of aldehydes is 1. The van der Waals surface area contributed by atoms with E-state index in [1.807, 2.05) is 0 Å². The molecule has 0 saturated carbocycles. The minimum absolute atomic E-state index is 0.717. The summed E-state index contributed by atoms with van der Waals surface area (Å²) in [6.45, 7) is 0. The van der Waals surface area contributed by atoms with Crippen molar-refractivity contribution in [1.82, 2.24) is 9.97 Å². The van der Waals surface area contributed by atoms with Crippen LogP contribution in [-0.4, -0.2) is 16.3 Å². The van der Waals surface area contributed by atoms with Crippen molar-refractivity contribution < 1.29 is 4.79 Å². The molecule has 46 valence electrons. The highest BCUT2D eigenvalue weighted by molar-refractivity contribution is 5.72. The molecule has 0 fully saturated rings. The van der Waals surface area contributed by atoms with Crippen LogP contribution in [-0.2, 0) is 4.79 Å². The second-order valence-electron chi connectivity index (χ2n) is 1.49. The van der Waals surface area contributed by atoms with Gasteiger partial charge in [0.25, 0.3) is 0 Å². The van der Waals surface area contributed by atoms with Crippen LogP contribution in [0.5, 0.6) is 0 Å². The SMILES string of the molecule is O=CC=Cc1c[nH]cn1. The van der Waals surface area contributed by atoms with Gasteiger partial charge in [0.15, 0.2) is 0 Å². The largest absolute Gasteiger partial charge is 0.351 e. The van der Waals surface area contributed by atoms with Crippen LogP contribution in [0.4, 0.5) is 0 Å². The normalized spacial score (nSPS) is 10.2. The van der Waals surface area contributed by atoms with Crippen molar-refractivity contribution >= 4 is 12.4 Å². The molecule has 0 atom stereocenters. The molecule has 0 aromatic carbocycles. The molecular formula is C6H6N2O. The number of nitrogens with zero attached hydrogens (tertiary/aromatic N) is 1. The van der Waals surface area contributed by atoms with Gasteiger partial charge in [0.05, 0.1) is 12.0 Å². The summed E-state index contributed by atoms with van der Waals surface area (Å²) in [5, 5.41) is 0. The maximum atomic E-state index is 9.78. The van der Waals surface area contributed by atoms with E-state index in [1.54, 1.807) is 18.6 Å². The zero-order valence-electron chi connectivity index (χ0n) is 4.74. The summed E-state index contributed by atoms with van der Waals surface area (Å²) in [5.74, 6) is 0. The summed E-state index contributed by atoms with van der Waals surface area (Å²) < 4.78 is 0. The number of rotatable bonds is 2. The minimum Gasteiger partial charge on any atom is -0.351 e. The fourth-order valence-electron chi connectivity index (χ4n) is 0.501. The summed E-state index contributed by atoms with van der Waals surface area (Å²) in [4.78, 5) is 16.4. The summed E-state index contributed by atoms with van der Waals surface area (Å²) in [5.41, 5.74) is 0.766. The monoisotopic (exact) mass is 122 g/mol. The highest BCUT2D eigenvalue weighted by Gasteiger charge is 1.82. The van der Waals surface area contributed by atoms with Crippen molar-refractivity contribution in [3.63, 3.8) is 0 Å². The van der Waals surface area contributed by atoms with Crippen LogP contribution < -0.4 is 0 Å². The van der Waals surface area contributed by atoms with E-state index in [0.717, 1.165) is 5.69 Å². The summed E-state index contributed by atoms with van der Waals surface area (Å²) in [7, 11) is 0. The Morgan fingerprint density at radius 3 is 3.11 bits per heavy atom. The fraction of sp³-hybridized carbons (Fsp3) is 0. The lowest BCUT2D eigenvalue weighted by molar-refractivity contribution is -0.104. The van der Waals surface area contributed by atoms with E-state index in [9.17, 15) is 4.79 Å². The Labute approximate surface area is 52.4 Å². The standard InChI is InChI=1S/C6H6N2O/c9-3-1-2-6-4-7-5-8-6/h1-5H,(H,7,8). The third kappa shape index (κ3) is 1.53. The van der Waals surface area contributed by atoms with Gasteiger partial charge in [-0.25, -0.2) is 4.98 Å². The summed E-state index contributed by atoms with van der Waals surface area (Å²) in [6.07, 6.45) is 7.01. The first kappa shape index (κ1) is 5.75. The van der Waals surface area contributed by atoms with Gasteiger partial charge in [0.1, 0.15) is 6.29 Å². The van der Waals surface area contributed by atoms with Crippen LogP contribution in [0.3, 0.4) is 0 Å². The highest BCUT2D eigenvalue weighted by atomic mass is 16.1. The van der Waals surface area contributed by atoms with Crippen molar-refractivity contribution in [3.05, 3.63) is 24.3 Å². The Hall–Kier alpha value is -1.38. The average molecular weight is 122 g/mol. The van der Waals surface area contributed by atoms with E-state index < -0.39 is 0 Å². The van der Waals surface area contributed by atoms with Crippen molar-refractivity contribution in [1.29, 1.82) is 0 Å². The molecule has 0 radical (unpaired) electrons. The average Bonchev–Trinajstić information content (AvgIpc) is 2.34. The number of carbonyl (C=O) groups is 1. The number of allylic oxidation sites excluding steroid dienone is 1. The number of carbonyl (C=O) groups excluding carboxylic acids is 1. The van der Waals surface area contributed by atoms with E-state index in [2.05, 4.69) is 9.97 Å². The second kappa shape index (κ2) is 2.81. The molecule has 1 rings (SSSR count). The topological polar surface area (TPSA) is 45.8 Å². The van der Waals surface area contributed by atoms with Gasteiger partial charge in [0, 0.05) is 6.20 Å². The number of hydrogen-bond donors (Lipinski definition) is 1. The van der Waals surface area contributed by atoms with Crippen molar-refractivity contribution in [2.24, 2.45) is 0 Å². The quantitative estimate of drug-likeness (QED) is 0.461. The zero-order chi connectivity index (χ0) is 6.53. The number of H-pyrrole nitrogens is 1. The minimum atomic E-state index is 0.717. The summed E-state index contributed by atoms with van der Waals surface area (Å²) in [6, 6.07) is 0. The molecule has 0 spiro atoms. The van der Waals surface area contributed by atoms with Gasteiger partial charge in [-0.2, -0.15) is 0 Å². The van der Waals surface area contributed by atoms with E-state index in [0.29, 0.717) is 6.29 Å². The zero-order valence-corrected chi connectivity index (χ0v) is 4.74. The third-order valence-corrected chi connectivity index (χ3v) is 0.865. The molecule has 1 N–H and O–H groups in total. The Bertz CT molecular complexity index is 201. The molecule has 3 heteroatoms. The molecule has 0 aliphatic rings. The Kier molecular flexibility index (Phi) is 1.80. The molecule has 9 heavy (non-hydrogen) atoms. The van der Waals surface area contributed by atoms with Gasteiger partial charge in [-0.15, -0.1) is 0 Å². The maximum Gasteiger partial charge on any atom is 0.142 e. The molecule has 3 nitrogen and oxygen atoms in total. The lowest BCUT2D eigenvalue weighted by atomic mass is 10.4. The van der Waals surface area contributed by atoms with E-state index in [1.165, 1.54) is 6.08 Å². The van der Waals surface area contributed by atoms with Crippen molar-refractivity contribution in [2.75, 3.05) is 0 Å². The number of hydrogen-bond acceptors (Lipinski definition) is 2. The van der Waals surface area contributed by atoms with E-state index in [-0.39, 0.29) is 0 Å². The Morgan fingerprint density at radius 1 is 1.67 bits per heavy atom. The molecule has 1 aromatic heterocycles. The van der Waals surface area contributed by atoms with Crippen molar-refractivity contribution in [2.45, 2.75) is 0 Å². The third-order valence-electron chi connectivity index (χ3n) is 0.865. The maximum absolute atomic E-state index is 9.78. The van der Waals surface area contributed by atoms with Crippen LogP contribution in [0.1, 0.15) is 5.69 Å². The van der Waals surface area contributed by atoms with Gasteiger partial charge in [-0.1, -0.05) is 0 Å². The van der Waals surface area contributed by atoms with Gasteiger partial charge < -0.3 is 4.98 Å². The number of aromatic nitrogens is 2. The number of aromatic amines is 1. The molecular weight excluding hydrogens is 116 g/mol. The van der Waals surface area contributed by atoms with E-state index >= 15 is 0 Å².